The lowest BCUT2D eigenvalue weighted by molar-refractivity contribution is 0.673. The minimum atomic E-state index is 0.169. The first-order valence-electron chi connectivity index (χ1n) is 19.7. The summed E-state index contributed by atoms with van der Waals surface area (Å²) in [6.07, 6.45) is 0. The maximum Gasteiger partial charge on any atom is 0.145 e. The van der Waals surface area contributed by atoms with E-state index >= 15 is 0 Å². The fourth-order valence-electron chi connectivity index (χ4n) is 9.47. The first-order chi connectivity index (χ1) is 28.3. The summed E-state index contributed by atoms with van der Waals surface area (Å²) in [4.78, 5) is 0. The number of nitrogens with zero attached hydrogens (tertiary/aromatic N) is 1. The number of hydrogen-bond acceptors (Lipinski definition) is 1. The van der Waals surface area contributed by atoms with Crippen molar-refractivity contribution in [2.75, 3.05) is 0 Å². The zero-order chi connectivity index (χ0) is 37.5. The van der Waals surface area contributed by atoms with Gasteiger partial charge in [-0.05, 0) is 110 Å². The van der Waals surface area contributed by atoms with E-state index in [-0.39, 0.29) is 5.92 Å². The van der Waals surface area contributed by atoms with Crippen LogP contribution in [0.15, 0.2) is 211 Å². The van der Waals surface area contributed by atoms with Gasteiger partial charge in [-0.2, -0.15) is 0 Å². The molecule has 1 aliphatic rings. The third kappa shape index (κ3) is 4.97. The second-order valence-electron chi connectivity index (χ2n) is 15.2. The van der Waals surface area contributed by atoms with Crippen molar-refractivity contribution < 1.29 is 4.42 Å². The van der Waals surface area contributed by atoms with Crippen molar-refractivity contribution in [3.63, 3.8) is 0 Å². The van der Waals surface area contributed by atoms with Crippen molar-refractivity contribution >= 4 is 43.7 Å². The number of fused-ring (bicyclic) bond motifs is 10. The SMILES string of the molecule is c1ccc(-c2cccc(C3c4ccccc4-c4cc(-c5ccc6c(c5)c5c7oc8ccccc8c7ccc5n6-c5cccc(-c6ccccc6)c5)ccc43)c2)cc1. The lowest BCUT2D eigenvalue weighted by Crippen LogP contribution is -1.99. The molecule has 1 atom stereocenters. The average molecular weight is 726 g/mol. The molecule has 0 saturated carbocycles. The van der Waals surface area contributed by atoms with Crippen LogP contribution in [0.1, 0.15) is 22.6 Å². The highest BCUT2D eigenvalue weighted by atomic mass is 16.3. The van der Waals surface area contributed by atoms with E-state index in [4.69, 9.17) is 4.42 Å². The maximum atomic E-state index is 6.74. The molecule has 0 N–H and O–H groups in total. The van der Waals surface area contributed by atoms with Gasteiger partial charge in [0.25, 0.3) is 0 Å². The summed E-state index contributed by atoms with van der Waals surface area (Å²) in [5.74, 6) is 0.169. The van der Waals surface area contributed by atoms with E-state index in [2.05, 4.69) is 211 Å². The molecule has 1 aliphatic carbocycles. The van der Waals surface area contributed by atoms with Crippen LogP contribution in [-0.2, 0) is 0 Å². The van der Waals surface area contributed by atoms with E-state index in [9.17, 15) is 0 Å². The summed E-state index contributed by atoms with van der Waals surface area (Å²) in [6, 6.07) is 75.1. The van der Waals surface area contributed by atoms with Gasteiger partial charge in [0.1, 0.15) is 11.2 Å². The van der Waals surface area contributed by atoms with Crippen LogP contribution in [0.4, 0.5) is 0 Å². The van der Waals surface area contributed by atoms with Crippen molar-refractivity contribution in [1.29, 1.82) is 0 Å². The van der Waals surface area contributed by atoms with Gasteiger partial charge in [-0.25, -0.2) is 0 Å². The molecule has 11 aromatic rings. The molecule has 9 aromatic carbocycles. The minimum absolute atomic E-state index is 0.169. The van der Waals surface area contributed by atoms with Crippen LogP contribution in [0.25, 0.3) is 93.9 Å². The molecule has 0 amide bonds. The van der Waals surface area contributed by atoms with Gasteiger partial charge in [0.05, 0.1) is 16.4 Å². The highest BCUT2D eigenvalue weighted by Gasteiger charge is 2.30. The maximum absolute atomic E-state index is 6.74. The standard InChI is InChI=1S/C55H35NO/c1-3-13-35(14-4-1)37-17-11-19-41(31-37)53-45-23-8-7-21-43(45)48-33-39(25-27-46(48)53)40-26-29-50-49(34-40)54-51(30-28-47-44-22-9-10-24-52(44)57-55(47)54)56(50)42-20-12-18-38(32-42)36-15-5-2-6-16-36/h1-34,53H. The smallest absolute Gasteiger partial charge is 0.145 e. The van der Waals surface area contributed by atoms with Gasteiger partial charge in [0.15, 0.2) is 0 Å². The Morgan fingerprint density at radius 3 is 1.84 bits per heavy atom. The highest BCUT2D eigenvalue weighted by molar-refractivity contribution is 6.24. The minimum Gasteiger partial charge on any atom is -0.455 e. The molecule has 12 rings (SSSR count). The number of hydrogen-bond donors (Lipinski definition) is 0. The Bertz CT molecular complexity index is 3350. The van der Waals surface area contributed by atoms with Gasteiger partial charge in [-0.3, -0.25) is 0 Å². The first kappa shape index (κ1) is 31.9. The molecule has 0 bridgehead atoms. The Morgan fingerprint density at radius 1 is 0.368 bits per heavy atom. The lowest BCUT2D eigenvalue weighted by Gasteiger charge is -2.16. The third-order valence-electron chi connectivity index (χ3n) is 12.1. The summed E-state index contributed by atoms with van der Waals surface area (Å²) in [5, 5.41) is 4.58. The molecule has 266 valence electrons. The molecule has 1 unspecified atom stereocenters. The summed E-state index contributed by atoms with van der Waals surface area (Å²) >= 11 is 0. The van der Waals surface area contributed by atoms with E-state index in [1.165, 1.54) is 66.6 Å². The van der Waals surface area contributed by atoms with E-state index in [1.54, 1.807) is 0 Å². The van der Waals surface area contributed by atoms with Crippen LogP contribution in [0.5, 0.6) is 0 Å². The zero-order valence-corrected chi connectivity index (χ0v) is 31.1. The quantitative estimate of drug-likeness (QED) is 0.173. The number of rotatable bonds is 5. The summed E-state index contributed by atoms with van der Waals surface area (Å²) in [5.41, 5.74) is 19.1. The monoisotopic (exact) mass is 725 g/mol. The van der Waals surface area contributed by atoms with Crippen LogP contribution in [-0.4, -0.2) is 4.57 Å². The van der Waals surface area contributed by atoms with E-state index < -0.39 is 0 Å². The largest absolute Gasteiger partial charge is 0.455 e. The second-order valence-corrected chi connectivity index (χ2v) is 15.2. The molecule has 0 aliphatic heterocycles. The molecule has 57 heavy (non-hydrogen) atoms. The Kier molecular flexibility index (Phi) is 7.02. The predicted molar refractivity (Wildman–Crippen MR) is 237 cm³/mol. The van der Waals surface area contributed by atoms with E-state index in [0.29, 0.717) is 0 Å². The number of benzene rings is 9. The van der Waals surface area contributed by atoms with Crippen LogP contribution < -0.4 is 0 Å². The van der Waals surface area contributed by atoms with Gasteiger partial charge in [0.2, 0.25) is 0 Å². The average Bonchev–Trinajstić information content (AvgIpc) is 3.94. The summed E-state index contributed by atoms with van der Waals surface area (Å²) < 4.78 is 9.14. The topological polar surface area (TPSA) is 18.1 Å². The van der Waals surface area contributed by atoms with Crippen molar-refractivity contribution in [3.8, 4) is 50.2 Å². The highest BCUT2D eigenvalue weighted by Crippen LogP contribution is 2.50. The van der Waals surface area contributed by atoms with Crippen LogP contribution >= 0.6 is 0 Å². The normalized spacial score (nSPS) is 13.4. The molecule has 2 nitrogen and oxygen atoms in total. The lowest BCUT2D eigenvalue weighted by atomic mass is 9.87. The Balaban J connectivity index is 1.05. The Morgan fingerprint density at radius 2 is 1.00 bits per heavy atom. The van der Waals surface area contributed by atoms with Gasteiger partial charge in [-0.1, -0.05) is 158 Å². The third-order valence-corrected chi connectivity index (χ3v) is 12.1. The van der Waals surface area contributed by atoms with Gasteiger partial charge < -0.3 is 8.98 Å². The first-order valence-corrected chi connectivity index (χ1v) is 19.7. The molecule has 0 fully saturated rings. The number of para-hydroxylation sites is 1. The fraction of sp³-hybridized carbons (Fsp3) is 0.0182. The van der Waals surface area contributed by atoms with Crippen LogP contribution in [0.3, 0.4) is 0 Å². The Hall–Kier alpha value is -7.42. The molecule has 0 radical (unpaired) electrons. The Labute approximate surface area is 330 Å². The molecule has 2 aromatic heterocycles. The van der Waals surface area contributed by atoms with E-state index in [0.717, 1.165) is 44.0 Å². The van der Waals surface area contributed by atoms with Crippen LogP contribution in [0, 0.1) is 0 Å². The zero-order valence-electron chi connectivity index (χ0n) is 31.1. The van der Waals surface area contributed by atoms with Crippen molar-refractivity contribution in [2.45, 2.75) is 5.92 Å². The van der Waals surface area contributed by atoms with Crippen LogP contribution in [0.2, 0.25) is 0 Å². The summed E-state index contributed by atoms with van der Waals surface area (Å²) in [6.45, 7) is 0. The molecule has 2 heteroatoms. The predicted octanol–water partition coefficient (Wildman–Crippen LogP) is 14.8. The number of aromatic nitrogens is 1. The van der Waals surface area contributed by atoms with Crippen molar-refractivity contribution in [3.05, 3.63) is 223 Å². The number of furan rings is 1. The molecule has 0 spiro atoms. The molecular weight excluding hydrogens is 691 g/mol. The van der Waals surface area contributed by atoms with Gasteiger partial charge in [-0.15, -0.1) is 0 Å². The fourth-order valence-corrected chi connectivity index (χ4v) is 9.47. The van der Waals surface area contributed by atoms with Crippen molar-refractivity contribution in [2.24, 2.45) is 0 Å². The molecular formula is C55H35NO. The molecule has 0 saturated heterocycles. The summed E-state index contributed by atoms with van der Waals surface area (Å²) in [7, 11) is 0. The van der Waals surface area contributed by atoms with E-state index in [1.807, 2.05) is 0 Å². The molecule has 2 heterocycles. The second kappa shape index (κ2) is 12.6. The van der Waals surface area contributed by atoms with Gasteiger partial charge in [0, 0.05) is 27.8 Å². The van der Waals surface area contributed by atoms with Crippen molar-refractivity contribution in [1.82, 2.24) is 4.57 Å². The van der Waals surface area contributed by atoms with Gasteiger partial charge >= 0.3 is 0 Å².